The molecule has 0 radical (unpaired) electrons. The Morgan fingerprint density at radius 3 is 2.14 bits per heavy atom. The molecule has 0 spiro atoms. The number of rotatable bonds is 5. The molecule has 1 saturated heterocycles. The SMILES string of the molecule is O=C(COc1ccc(C(F)(F)F)cc1)N1CCN(Cc2ccc(Cl)cc2)CC1. The van der Waals surface area contributed by atoms with Crippen LogP contribution in [0.2, 0.25) is 5.02 Å². The van der Waals surface area contributed by atoms with Crippen molar-refractivity contribution in [3.8, 4) is 5.75 Å². The van der Waals surface area contributed by atoms with Gasteiger partial charge in [0.2, 0.25) is 0 Å². The monoisotopic (exact) mass is 412 g/mol. The van der Waals surface area contributed by atoms with Gasteiger partial charge >= 0.3 is 6.18 Å². The first-order valence-electron chi connectivity index (χ1n) is 8.86. The van der Waals surface area contributed by atoms with Crippen molar-refractivity contribution < 1.29 is 22.7 Å². The van der Waals surface area contributed by atoms with E-state index in [1.165, 1.54) is 12.1 Å². The summed E-state index contributed by atoms with van der Waals surface area (Å²) in [6.45, 7) is 3.26. The van der Waals surface area contributed by atoms with E-state index >= 15 is 0 Å². The lowest BCUT2D eigenvalue weighted by Gasteiger charge is -2.34. The maximum absolute atomic E-state index is 12.6. The molecule has 0 unspecified atom stereocenters. The Labute approximate surface area is 166 Å². The fourth-order valence-corrected chi connectivity index (χ4v) is 3.11. The van der Waals surface area contributed by atoms with Crippen molar-refractivity contribution in [2.75, 3.05) is 32.8 Å². The molecule has 0 atom stereocenters. The van der Waals surface area contributed by atoms with Gasteiger partial charge in [-0.2, -0.15) is 13.2 Å². The fraction of sp³-hybridized carbons (Fsp3) is 0.350. The normalized spacial score (nSPS) is 15.5. The zero-order chi connectivity index (χ0) is 20.1. The van der Waals surface area contributed by atoms with E-state index in [2.05, 4.69) is 4.90 Å². The van der Waals surface area contributed by atoms with Crippen LogP contribution in [-0.2, 0) is 17.5 Å². The van der Waals surface area contributed by atoms with Gasteiger partial charge in [0.1, 0.15) is 5.75 Å². The summed E-state index contributed by atoms with van der Waals surface area (Å²) in [5.41, 5.74) is 0.415. The van der Waals surface area contributed by atoms with E-state index in [0.29, 0.717) is 18.1 Å². The lowest BCUT2D eigenvalue weighted by molar-refractivity contribution is -0.138. The number of alkyl halides is 3. The van der Waals surface area contributed by atoms with Gasteiger partial charge in [-0.05, 0) is 42.0 Å². The predicted molar refractivity (Wildman–Crippen MR) is 100 cm³/mol. The second-order valence-electron chi connectivity index (χ2n) is 6.59. The number of hydrogen-bond donors (Lipinski definition) is 0. The molecule has 0 aliphatic carbocycles. The lowest BCUT2D eigenvalue weighted by Crippen LogP contribution is -2.49. The smallest absolute Gasteiger partial charge is 0.416 e. The Morgan fingerprint density at radius 1 is 0.964 bits per heavy atom. The molecule has 1 heterocycles. The summed E-state index contributed by atoms with van der Waals surface area (Å²) in [6.07, 6.45) is -4.39. The molecule has 4 nitrogen and oxygen atoms in total. The Kier molecular flexibility index (Phi) is 6.46. The number of piperazine rings is 1. The van der Waals surface area contributed by atoms with E-state index in [1.807, 2.05) is 24.3 Å². The molecule has 0 aromatic heterocycles. The maximum atomic E-state index is 12.6. The molecular formula is C20H20ClF3N2O2. The molecule has 0 N–H and O–H groups in total. The van der Waals surface area contributed by atoms with Crippen LogP contribution < -0.4 is 4.74 Å². The summed E-state index contributed by atoms with van der Waals surface area (Å²) in [5.74, 6) is 0.0637. The zero-order valence-electron chi connectivity index (χ0n) is 15.1. The van der Waals surface area contributed by atoms with Crippen molar-refractivity contribution in [2.45, 2.75) is 12.7 Å². The molecule has 1 aliphatic rings. The quantitative estimate of drug-likeness (QED) is 0.741. The van der Waals surface area contributed by atoms with Crippen LogP contribution in [0.25, 0.3) is 0 Å². The van der Waals surface area contributed by atoms with Crippen molar-refractivity contribution in [1.82, 2.24) is 9.80 Å². The largest absolute Gasteiger partial charge is 0.484 e. The number of nitrogens with zero attached hydrogens (tertiary/aromatic N) is 2. The van der Waals surface area contributed by atoms with Gasteiger partial charge in [-0.15, -0.1) is 0 Å². The summed E-state index contributed by atoms with van der Waals surface area (Å²) < 4.78 is 43.0. The Bertz CT molecular complexity index is 787. The number of carbonyl (C=O) groups is 1. The van der Waals surface area contributed by atoms with Crippen LogP contribution in [0.1, 0.15) is 11.1 Å². The van der Waals surface area contributed by atoms with E-state index in [9.17, 15) is 18.0 Å². The van der Waals surface area contributed by atoms with Gasteiger partial charge in [0.15, 0.2) is 6.61 Å². The average Bonchev–Trinajstić information content (AvgIpc) is 2.68. The van der Waals surface area contributed by atoms with Crippen LogP contribution in [0.4, 0.5) is 13.2 Å². The van der Waals surface area contributed by atoms with Crippen LogP contribution in [0, 0.1) is 0 Å². The summed E-state index contributed by atoms with van der Waals surface area (Å²) in [6, 6.07) is 12.0. The van der Waals surface area contributed by atoms with Crippen molar-refractivity contribution in [1.29, 1.82) is 0 Å². The van der Waals surface area contributed by atoms with Crippen molar-refractivity contribution in [2.24, 2.45) is 0 Å². The number of carbonyl (C=O) groups excluding carboxylic acids is 1. The first kappa shape index (κ1) is 20.5. The highest BCUT2D eigenvalue weighted by molar-refractivity contribution is 6.30. The maximum Gasteiger partial charge on any atom is 0.416 e. The third-order valence-corrected chi connectivity index (χ3v) is 4.84. The summed E-state index contributed by atoms with van der Waals surface area (Å²) in [4.78, 5) is 16.3. The first-order valence-corrected chi connectivity index (χ1v) is 9.24. The molecule has 2 aromatic rings. The van der Waals surface area contributed by atoms with E-state index in [1.54, 1.807) is 4.90 Å². The molecule has 8 heteroatoms. The van der Waals surface area contributed by atoms with Gasteiger partial charge in [0.25, 0.3) is 5.91 Å². The molecule has 2 aromatic carbocycles. The molecule has 1 fully saturated rings. The van der Waals surface area contributed by atoms with Crippen molar-refractivity contribution >= 4 is 17.5 Å². The third kappa shape index (κ3) is 5.62. The number of benzene rings is 2. The highest BCUT2D eigenvalue weighted by Gasteiger charge is 2.30. The summed E-state index contributed by atoms with van der Waals surface area (Å²) in [7, 11) is 0. The average molecular weight is 413 g/mol. The van der Waals surface area contributed by atoms with Crippen molar-refractivity contribution in [3.63, 3.8) is 0 Å². The first-order chi connectivity index (χ1) is 13.3. The molecule has 28 heavy (non-hydrogen) atoms. The van der Waals surface area contributed by atoms with Gasteiger partial charge in [-0.3, -0.25) is 9.69 Å². The molecule has 3 rings (SSSR count). The van der Waals surface area contributed by atoms with E-state index in [0.717, 1.165) is 37.3 Å². The Morgan fingerprint density at radius 2 is 1.57 bits per heavy atom. The lowest BCUT2D eigenvalue weighted by atomic mass is 10.2. The molecule has 150 valence electrons. The van der Waals surface area contributed by atoms with Crippen molar-refractivity contribution in [3.05, 3.63) is 64.7 Å². The van der Waals surface area contributed by atoms with Gasteiger partial charge in [-0.1, -0.05) is 23.7 Å². The minimum Gasteiger partial charge on any atom is -0.484 e. The molecule has 0 saturated carbocycles. The number of halogens is 4. The highest BCUT2D eigenvalue weighted by Crippen LogP contribution is 2.30. The highest BCUT2D eigenvalue weighted by atomic mass is 35.5. The van der Waals surface area contributed by atoms with E-state index in [-0.39, 0.29) is 18.3 Å². The van der Waals surface area contributed by atoms with Crippen LogP contribution in [0.3, 0.4) is 0 Å². The zero-order valence-corrected chi connectivity index (χ0v) is 15.8. The van der Waals surface area contributed by atoms with Crippen LogP contribution in [0.5, 0.6) is 5.75 Å². The Balaban J connectivity index is 1.43. The molecule has 1 amide bonds. The predicted octanol–water partition coefficient (Wildman–Crippen LogP) is 4.08. The third-order valence-electron chi connectivity index (χ3n) is 4.59. The van der Waals surface area contributed by atoms with Gasteiger partial charge in [-0.25, -0.2) is 0 Å². The minimum atomic E-state index is -4.39. The number of amides is 1. The second-order valence-corrected chi connectivity index (χ2v) is 7.03. The molecule has 1 aliphatic heterocycles. The van der Waals surface area contributed by atoms with Crippen LogP contribution >= 0.6 is 11.6 Å². The van der Waals surface area contributed by atoms with E-state index in [4.69, 9.17) is 16.3 Å². The number of ether oxygens (including phenoxy) is 1. The molecule has 0 bridgehead atoms. The summed E-state index contributed by atoms with van der Waals surface area (Å²) in [5, 5.41) is 0.701. The van der Waals surface area contributed by atoms with E-state index < -0.39 is 11.7 Å². The minimum absolute atomic E-state index is 0.175. The fourth-order valence-electron chi connectivity index (χ4n) is 2.98. The van der Waals surface area contributed by atoms with Gasteiger partial charge in [0, 0.05) is 37.7 Å². The Hall–Kier alpha value is -2.25. The van der Waals surface area contributed by atoms with Gasteiger partial charge < -0.3 is 9.64 Å². The van der Waals surface area contributed by atoms with Crippen LogP contribution in [0.15, 0.2) is 48.5 Å². The van der Waals surface area contributed by atoms with Gasteiger partial charge in [0.05, 0.1) is 5.56 Å². The van der Waals surface area contributed by atoms with Crippen LogP contribution in [-0.4, -0.2) is 48.5 Å². The second kappa shape index (κ2) is 8.84. The standard InChI is InChI=1S/C20H20ClF3N2O2/c21-17-5-1-15(2-6-17)13-25-9-11-26(12-10-25)19(27)14-28-18-7-3-16(4-8-18)20(22,23)24/h1-8H,9-14H2. The number of hydrogen-bond acceptors (Lipinski definition) is 3. The molecular weight excluding hydrogens is 393 g/mol. The topological polar surface area (TPSA) is 32.8 Å². The summed E-state index contributed by atoms with van der Waals surface area (Å²) >= 11 is 5.89.